The molecule has 0 spiro atoms. The van der Waals surface area contributed by atoms with E-state index in [2.05, 4.69) is 17.2 Å². The number of hydrogen-bond acceptors (Lipinski definition) is 2. The zero-order valence-corrected chi connectivity index (χ0v) is 10.5. The number of aromatic nitrogens is 2. The summed E-state index contributed by atoms with van der Waals surface area (Å²) in [6, 6.07) is 7.49. The Morgan fingerprint density at radius 1 is 1.33 bits per heavy atom. The van der Waals surface area contributed by atoms with Crippen LogP contribution in [0.15, 0.2) is 43.0 Å². The molecule has 0 atom stereocenters. The van der Waals surface area contributed by atoms with E-state index in [1.165, 1.54) is 0 Å². The van der Waals surface area contributed by atoms with Crippen molar-refractivity contribution < 1.29 is 4.79 Å². The zero-order valence-electron chi connectivity index (χ0n) is 10.5. The van der Waals surface area contributed by atoms with Gasteiger partial charge in [-0.3, -0.25) is 4.79 Å². The van der Waals surface area contributed by atoms with Crippen molar-refractivity contribution in [2.75, 3.05) is 6.54 Å². The fourth-order valence-corrected chi connectivity index (χ4v) is 1.68. The standard InChI is InChI=1S/C14H17N3O/c1-2-3-8-16-14(18)12-4-6-13(7-5-12)17-10-9-15-11-17/h4-7,9-11H,2-3,8H2,1H3,(H,16,18). The van der Waals surface area contributed by atoms with Crippen LogP contribution < -0.4 is 5.32 Å². The smallest absolute Gasteiger partial charge is 0.251 e. The number of rotatable bonds is 5. The molecular weight excluding hydrogens is 226 g/mol. The largest absolute Gasteiger partial charge is 0.352 e. The van der Waals surface area contributed by atoms with E-state index < -0.39 is 0 Å². The van der Waals surface area contributed by atoms with Crippen molar-refractivity contribution >= 4 is 5.91 Å². The molecule has 2 aromatic rings. The van der Waals surface area contributed by atoms with Gasteiger partial charge < -0.3 is 9.88 Å². The molecule has 18 heavy (non-hydrogen) atoms. The normalized spacial score (nSPS) is 10.3. The van der Waals surface area contributed by atoms with Crippen LogP contribution in [0.5, 0.6) is 0 Å². The van der Waals surface area contributed by atoms with Gasteiger partial charge in [0.2, 0.25) is 0 Å². The molecule has 1 aromatic heterocycles. The minimum Gasteiger partial charge on any atom is -0.352 e. The lowest BCUT2D eigenvalue weighted by Crippen LogP contribution is -2.24. The second kappa shape index (κ2) is 6.00. The van der Waals surface area contributed by atoms with Gasteiger partial charge in [0.15, 0.2) is 0 Å². The molecule has 1 N–H and O–H groups in total. The molecule has 0 saturated carbocycles. The molecule has 0 fully saturated rings. The minimum atomic E-state index is -0.0133. The molecule has 0 saturated heterocycles. The summed E-state index contributed by atoms with van der Waals surface area (Å²) in [5.74, 6) is -0.0133. The summed E-state index contributed by atoms with van der Waals surface area (Å²) in [7, 11) is 0. The summed E-state index contributed by atoms with van der Waals surface area (Å²) in [6.45, 7) is 2.84. The molecule has 0 aliphatic heterocycles. The molecule has 4 heteroatoms. The topological polar surface area (TPSA) is 46.9 Å². The second-order valence-corrected chi connectivity index (χ2v) is 4.13. The number of nitrogens with zero attached hydrogens (tertiary/aromatic N) is 2. The Morgan fingerprint density at radius 3 is 2.72 bits per heavy atom. The lowest BCUT2D eigenvalue weighted by molar-refractivity contribution is 0.0953. The van der Waals surface area contributed by atoms with E-state index in [1.54, 1.807) is 12.5 Å². The average Bonchev–Trinajstić information content (AvgIpc) is 2.93. The van der Waals surface area contributed by atoms with Crippen molar-refractivity contribution in [3.63, 3.8) is 0 Å². The lowest BCUT2D eigenvalue weighted by Gasteiger charge is -2.06. The third-order valence-electron chi connectivity index (χ3n) is 2.75. The van der Waals surface area contributed by atoms with E-state index in [-0.39, 0.29) is 5.91 Å². The van der Waals surface area contributed by atoms with Crippen molar-refractivity contribution in [1.82, 2.24) is 14.9 Å². The van der Waals surface area contributed by atoms with E-state index in [0.717, 1.165) is 25.1 Å². The highest BCUT2D eigenvalue weighted by Gasteiger charge is 2.04. The number of nitrogens with one attached hydrogen (secondary N) is 1. The van der Waals surface area contributed by atoms with Gasteiger partial charge in [0.1, 0.15) is 0 Å². The van der Waals surface area contributed by atoms with Crippen LogP contribution in [0.4, 0.5) is 0 Å². The minimum absolute atomic E-state index is 0.0133. The van der Waals surface area contributed by atoms with Crippen molar-refractivity contribution in [1.29, 1.82) is 0 Å². The number of amides is 1. The Balaban J connectivity index is 2.01. The highest BCUT2D eigenvalue weighted by molar-refractivity contribution is 5.94. The maximum atomic E-state index is 11.8. The number of carbonyl (C=O) groups excluding carboxylic acids is 1. The third kappa shape index (κ3) is 2.97. The first-order chi connectivity index (χ1) is 8.81. The SMILES string of the molecule is CCCCNC(=O)c1ccc(-n2ccnc2)cc1. The lowest BCUT2D eigenvalue weighted by atomic mass is 10.2. The molecule has 1 amide bonds. The van der Waals surface area contributed by atoms with Crippen molar-refractivity contribution in [2.45, 2.75) is 19.8 Å². The van der Waals surface area contributed by atoms with Crippen LogP contribution in [0.3, 0.4) is 0 Å². The second-order valence-electron chi connectivity index (χ2n) is 4.13. The first-order valence-corrected chi connectivity index (χ1v) is 6.18. The molecule has 4 nitrogen and oxygen atoms in total. The Morgan fingerprint density at radius 2 is 2.11 bits per heavy atom. The van der Waals surface area contributed by atoms with Crippen LogP contribution in [-0.2, 0) is 0 Å². The highest BCUT2D eigenvalue weighted by atomic mass is 16.1. The number of hydrogen-bond donors (Lipinski definition) is 1. The summed E-state index contributed by atoms with van der Waals surface area (Å²) in [4.78, 5) is 15.8. The number of imidazole rings is 1. The fraction of sp³-hybridized carbons (Fsp3) is 0.286. The Bertz CT molecular complexity index is 488. The van der Waals surface area contributed by atoms with Crippen LogP contribution in [0, 0.1) is 0 Å². The first-order valence-electron chi connectivity index (χ1n) is 6.18. The van der Waals surface area contributed by atoms with Gasteiger partial charge in [-0.15, -0.1) is 0 Å². The van der Waals surface area contributed by atoms with E-state index in [4.69, 9.17) is 0 Å². The van der Waals surface area contributed by atoms with Crippen LogP contribution in [-0.4, -0.2) is 22.0 Å². The van der Waals surface area contributed by atoms with Crippen molar-refractivity contribution in [3.8, 4) is 5.69 Å². The van der Waals surface area contributed by atoms with Crippen LogP contribution >= 0.6 is 0 Å². The van der Waals surface area contributed by atoms with Gasteiger partial charge in [0.25, 0.3) is 5.91 Å². The van der Waals surface area contributed by atoms with Crippen LogP contribution in [0.25, 0.3) is 5.69 Å². The van der Waals surface area contributed by atoms with E-state index in [0.29, 0.717) is 5.56 Å². The molecule has 94 valence electrons. The molecule has 0 aliphatic rings. The predicted octanol–water partition coefficient (Wildman–Crippen LogP) is 2.40. The van der Waals surface area contributed by atoms with Crippen molar-refractivity contribution in [2.24, 2.45) is 0 Å². The summed E-state index contributed by atoms with van der Waals surface area (Å²) >= 11 is 0. The number of carbonyl (C=O) groups is 1. The van der Waals surface area contributed by atoms with Gasteiger partial charge in [0.05, 0.1) is 6.33 Å². The maximum Gasteiger partial charge on any atom is 0.251 e. The van der Waals surface area contributed by atoms with Gasteiger partial charge in [-0.25, -0.2) is 4.98 Å². The van der Waals surface area contributed by atoms with Gasteiger partial charge in [-0.1, -0.05) is 13.3 Å². The van der Waals surface area contributed by atoms with Crippen LogP contribution in [0.2, 0.25) is 0 Å². The molecule has 2 rings (SSSR count). The summed E-state index contributed by atoms with van der Waals surface area (Å²) in [5.41, 5.74) is 1.69. The Hall–Kier alpha value is -2.10. The predicted molar refractivity (Wildman–Crippen MR) is 70.8 cm³/mol. The highest BCUT2D eigenvalue weighted by Crippen LogP contribution is 2.09. The van der Waals surface area contributed by atoms with Crippen molar-refractivity contribution in [3.05, 3.63) is 48.5 Å². The average molecular weight is 243 g/mol. The van der Waals surface area contributed by atoms with Gasteiger partial charge in [-0.05, 0) is 30.7 Å². The maximum absolute atomic E-state index is 11.8. The number of benzene rings is 1. The van der Waals surface area contributed by atoms with E-state index in [9.17, 15) is 4.79 Å². The monoisotopic (exact) mass is 243 g/mol. The molecule has 1 aromatic carbocycles. The van der Waals surface area contributed by atoms with Crippen LogP contribution in [0.1, 0.15) is 30.1 Å². The molecular formula is C14H17N3O. The molecule has 0 radical (unpaired) electrons. The van der Waals surface area contributed by atoms with E-state index >= 15 is 0 Å². The first kappa shape index (κ1) is 12.4. The molecule has 1 heterocycles. The Kier molecular flexibility index (Phi) is 4.12. The summed E-state index contributed by atoms with van der Waals surface area (Å²) in [5, 5.41) is 2.90. The molecule has 0 unspecified atom stereocenters. The summed E-state index contributed by atoms with van der Waals surface area (Å²) in [6.07, 6.45) is 7.43. The van der Waals surface area contributed by atoms with Gasteiger partial charge >= 0.3 is 0 Å². The van der Waals surface area contributed by atoms with Gasteiger partial charge in [0, 0.05) is 30.2 Å². The number of unbranched alkanes of at least 4 members (excludes halogenated alkanes) is 1. The zero-order chi connectivity index (χ0) is 12.8. The Labute approximate surface area is 107 Å². The van der Waals surface area contributed by atoms with E-state index in [1.807, 2.05) is 35.0 Å². The van der Waals surface area contributed by atoms with Gasteiger partial charge in [-0.2, -0.15) is 0 Å². The quantitative estimate of drug-likeness (QED) is 0.820. The fourth-order valence-electron chi connectivity index (χ4n) is 1.68. The molecule has 0 bridgehead atoms. The molecule has 0 aliphatic carbocycles. The third-order valence-corrected chi connectivity index (χ3v) is 2.75. The summed E-state index contributed by atoms with van der Waals surface area (Å²) < 4.78 is 1.90.